The third-order valence-corrected chi connectivity index (χ3v) is 7.69. The summed E-state index contributed by atoms with van der Waals surface area (Å²) < 4.78 is 45.5. The number of amides is 1. The van der Waals surface area contributed by atoms with E-state index in [1.54, 1.807) is 18.2 Å². The van der Waals surface area contributed by atoms with Gasteiger partial charge in [-0.3, -0.25) is 9.35 Å². The first-order valence-corrected chi connectivity index (χ1v) is 14.4. The number of carbonyl (C=O) groups excluding carboxylic acids is 1. The van der Waals surface area contributed by atoms with Crippen LogP contribution in [0, 0.1) is 5.82 Å². The SMILES string of the molecule is CCC[C@H](c1ccc(C(=O)NCCS(=O)(=O)O)cc1)C(c1ccc(Cl)cc1)c1ccc(F)c2ccccc12. The summed E-state index contributed by atoms with van der Waals surface area (Å²) >= 11 is 6.21. The van der Waals surface area contributed by atoms with Crippen molar-refractivity contribution in [1.82, 2.24) is 5.32 Å². The maximum Gasteiger partial charge on any atom is 0.266 e. The number of rotatable bonds is 10. The molecule has 198 valence electrons. The van der Waals surface area contributed by atoms with Crippen molar-refractivity contribution in [3.63, 3.8) is 0 Å². The van der Waals surface area contributed by atoms with Crippen molar-refractivity contribution in [3.8, 4) is 0 Å². The lowest BCUT2D eigenvalue weighted by molar-refractivity contribution is 0.0956. The molecule has 8 heteroatoms. The van der Waals surface area contributed by atoms with Gasteiger partial charge in [-0.25, -0.2) is 4.39 Å². The summed E-state index contributed by atoms with van der Waals surface area (Å²) in [7, 11) is -4.16. The van der Waals surface area contributed by atoms with Gasteiger partial charge >= 0.3 is 0 Å². The fraction of sp³-hybridized carbons (Fsp3) is 0.233. The monoisotopic (exact) mass is 553 g/mol. The third-order valence-electron chi connectivity index (χ3n) is 6.72. The lowest BCUT2D eigenvalue weighted by Crippen LogP contribution is -2.28. The Morgan fingerprint density at radius 3 is 2.18 bits per heavy atom. The molecule has 0 saturated heterocycles. The summed E-state index contributed by atoms with van der Waals surface area (Å²) in [6.07, 6.45) is 1.75. The van der Waals surface area contributed by atoms with E-state index in [1.165, 1.54) is 6.07 Å². The summed E-state index contributed by atoms with van der Waals surface area (Å²) in [4.78, 5) is 12.5. The smallest absolute Gasteiger partial charge is 0.266 e. The maximum absolute atomic E-state index is 14.7. The van der Waals surface area contributed by atoms with E-state index in [1.807, 2.05) is 60.7 Å². The van der Waals surface area contributed by atoms with Crippen LogP contribution in [0.4, 0.5) is 4.39 Å². The molecule has 2 atom stereocenters. The second-order valence-electron chi connectivity index (χ2n) is 9.27. The molecule has 0 radical (unpaired) electrons. The van der Waals surface area contributed by atoms with Crippen molar-refractivity contribution in [2.75, 3.05) is 12.3 Å². The van der Waals surface area contributed by atoms with E-state index in [0.29, 0.717) is 16.0 Å². The van der Waals surface area contributed by atoms with E-state index in [4.69, 9.17) is 16.2 Å². The van der Waals surface area contributed by atoms with Gasteiger partial charge in [-0.2, -0.15) is 8.42 Å². The fourth-order valence-corrected chi connectivity index (χ4v) is 5.46. The summed E-state index contributed by atoms with van der Waals surface area (Å²) in [5, 5.41) is 4.56. The van der Waals surface area contributed by atoms with Gasteiger partial charge in [0.05, 0.1) is 5.75 Å². The summed E-state index contributed by atoms with van der Waals surface area (Å²) in [5.41, 5.74) is 3.47. The highest BCUT2D eigenvalue weighted by atomic mass is 35.5. The molecule has 4 aromatic carbocycles. The molecular weight excluding hydrogens is 525 g/mol. The van der Waals surface area contributed by atoms with Crippen molar-refractivity contribution >= 4 is 38.4 Å². The van der Waals surface area contributed by atoms with Crippen molar-refractivity contribution in [3.05, 3.63) is 118 Å². The molecular formula is C30H29ClFNO4S. The first-order chi connectivity index (χ1) is 18.2. The molecule has 4 aromatic rings. The van der Waals surface area contributed by atoms with Crippen molar-refractivity contribution in [2.24, 2.45) is 0 Å². The van der Waals surface area contributed by atoms with Crippen molar-refractivity contribution in [1.29, 1.82) is 0 Å². The standard InChI is InChI=1S/C30H29ClFNO4S/c1-2-5-24(20-8-10-22(11-9-20)30(34)33-18-19-38(35,36)37)29(21-12-14-23(31)15-13-21)27-16-17-28(32)26-7-4-3-6-25(26)27/h3-4,6-17,24,29H,2,5,18-19H2,1H3,(H,33,34)(H,35,36,37)/t24-,29?/m1/s1. The third kappa shape index (κ3) is 6.59. The van der Waals surface area contributed by atoms with Crippen LogP contribution in [-0.4, -0.2) is 31.2 Å². The molecule has 1 unspecified atom stereocenters. The normalized spacial score (nSPS) is 13.3. The molecule has 38 heavy (non-hydrogen) atoms. The van der Waals surface area contributed by atoms with Gasteiger partial charge < -0.3 is 5.32 Å². The van der Waals surface area contributed by atoms with Gasteiger partial charge in [0.15, 0.2) is 0 Å². The molecule has 0 saturated carbocycles. The first-order valence-electron chi connectivity index (χ1n) is 12.4. The Hall–Kier alpha value is -3.26. The average Bonchev–Trinajstić information content (AvgIpc) is 2.90. The highest BCUT2D eigenvalue weighted by Gasteiger charge is 2.28. The molecule has 0 heterocycles. The zero-order valence-electron chi connectivity index (χ0n) is 20.9. The lowest BCUT2D eigenvalue weighted by atomic mass is 9.74. The topological polar surface area (TPSA) is 83.5 Å². The van der Waals surface area contributed by atoms with Crippen LogP contribution in [0.25, 0.3) is 10.8 Å². The molecule has 0 aliphatic rings. The molecule has 0 bridgehead atoms. The van der Waals surface area contributed by atoms with E-state index in [2.05, 4.69) is 12.2 Å². The fourth-order valence-electron chi connectivity index (χ4n) is 4.97. The Bertz CT molecular complexity index is 1520. The van der Waals surface area contributed by atoms with Gasteiger partial charge in [-0.15, -0.1) is 0 Å². The van der Waals surface area contributed by atoms with E-state index >= 15 is 0 Å². The summed E-state index contributed by atoms with van der Waals surface area (Å²) in [5.74, 6) is -1.33. The molecule has 0 spiro atoms. The number of hydrogen-bond acceptors (Lipinski definition) is 3. The Labute approximate surface area is 227 Å². The largest absolute Gasteiger partial charge is 0.351 e. The number of carbonyl (C=O) groups is 1. The van der Waals surface area contributed by atoms with E-state index in [9.17, 15) is 17.6 Å². The predicted octanol–water partition coefficient (Wildman–Crippen LogP) is 6.97. The van der Waals surface area contributed by atoms with Crippen LogP contribution in [0.2, 0.25) is 5.02 Å². The Balaban J connectivity index is 1.75. The number of hydrogen-bond donors (Lipinski definition) is 2. The van der Waals surface area contributed by atoms with Gasteiger partial charge in [0.2, 0.25) is 0 Å². The number of fused-ring (bicyclic) bond motifs is 1. The van der Waals surface area contributed by atoms with Crippen LogP contribution in [0.3, 0.4) is 0 Å². The van der Waals surface area contributed by atoms with Gasteiger partial charge in [0.1, 0.15) is 5.82 Å². The summed E-state index contributed by atoms with van der Waals surface area (Å²) in [6.45, 7) is 1.93. The zero-order valence-corrected chi connectivity index (χ0v) is 22.5. The van der Waals surface area contributed by atoms with Crippen LogP contribution in [0.1, 0.15) is 58.6 Å². The number of benzene rings is 4. The van der Waals surface area contributed by atoms with Gasteiger partial charge in [-0.1, -0.05) is 79.5 Å². The van der Waals surface area contributed by atoms with Crippen LogP contribution >= 0.6 is 11.6 Å². The summed E-state index contributed by atoms with van der Waals surface area (Å²) in [6, 6.07) is 25.8. The molecule has 5 nitrogen and oxygen atoms in total. The minimum absolute atomic E-state index is 0.0201. The average molecular weight is 554 g/mol. The van der Waals surface area contributed by atoms with Crippen molar-refractivity contribution in [2.45, 2.75) is 31.6 Å². The quantitative estimate of drug-likeness (QED) is 0.208. The second-order valence-corrected chi connectivity index (χ2v) is 11.3. The van der Waals surface area contributed by atoms with Crippen LogP contribution in [0.5, 0.6) is 0 Å². The van der Waals surface area contributed by atoms with E-state index in [0.717, 1.165) is 34.9 Å². The molecule has 1 amide bonds. The van der Waals surface area contributed by atoms with E-state index < -0.39 is 21.8 Å². The highest BCUT2D eigenvalue weighted by molar-refractivity contribution is 7.85. The molecule has 0 aromatic heterocycles. The lowest BCUT2D eigenvalue weighted by Gasteiger charge is -2.30. The van der Waals surface area contributed by atoms with Gasteiger partial charge in [0, 0.05) is 28.4 Å². The van der Waals surface area contributed by atoms with Crippen LogP contribution < -0.4 is 5.32 Å². The second kappa shape index (κ2) is 12.1. The van der Waals surface area contributed by atoms with Gasteiger partial charge in [0.25, 0.3) is 16.0 Å². The highest BCUT2D eigenvalue weighted by Crippen LogP contribution is 2.44. The van der Waals surface area contributed by atoms with Crippen LogP contribution in [0.15, 0.2) is 84.9 Å². The Morgan fingerprint density at radius 2 is 1.55 bits per heavy atom. The number of halogens is 2. The first kappa shape index (κ1) is 27.8. The minimum atomic E-state index is -4.16. The van der Waals surface area contributed by atoms with Crippen molar-refractivity contribution < 1.29 is 22.2 Å². The number of nitrogens with one attached hydrogen (secondary N) is 1. The zero-order chi connectivity index (χ0) is 27.3. The molecule has 4 rings (SSSR count). The molecule has 2 N–H and O–H groups in total. The molecule has 0 aliphatic carbocycles. The Kier molecular flexibility index (Phi) is 8.82. The predicted molar refractivity (Wildman–Crippen MR) is 150 cm³/mol. The minimum Gasteiger partial charge on any atom is -0.351 e. The molecule has 0 fully saturated rings. The van der Waals surface area contributed by atoms with E-state index in [-0.39, 0.29) is 24.2 Å². The van der Waals surface area contributed by atoms with Crippen LogP contribution in [-0.2, 0) is 10.1 Å². The maximum atomic E-state index is 14.7. The Morgan fingerprint density at radius 1 is 0.921 bits per heavy atom. The molecule has 0 aliphatic heterocycles. The van der Waals surface area contributed by atoms with Gasteiger partial charge in [-0.05, 0) is 64.7 Å².